The molecule has 0 unspecified atom stereocenters. The molecule has 0 fully saturated rings. The summed E-state index contributed by atoms with van der Waals surface area (Å²) in [5.74, 6) is -0.802. The summed E-state index contributed by atoms with van der Waals surface area (Å²) in [4.78, 5) is 13.4. The highest BCUT2D eigenvalue weighted by atomic mass is 35.5. The first-order valence-electron chi connectivity index (χ1n) is 13.4. The minimum absolute atomic E-state index is 0.110. The van der Waals surface area contributed by atoms with Crippen LogP contribution in [0, 0.1) is 5.92 Å². The predicted molar refractivity (Wildman–Crippen MR) is 211 cm³/mol. The smallest absolute Gasteiger partial charge is 0.377 e. The zero-order valence-corrected chi connectivity index (χ0v) is 36.5. The van der Waals surface area contributed by atoms with Gasteiger partial charge in [0.15, 0.2) is 0 Å². The molecule has 1 amide bonds. The number of rotatable bonds is 14. The van der Waals surface area contributed by atoms with Crippen molar-refractivity contribution in [2.24, 2.45) is 0 Å². The van der Waals surface area contributed by atoms with Crippen LogP contribution in [0.3, 0.4) is 0 Å². The summed E-state index contributed by atoms with van der Waals surface area (Å²) < 4.78 is 16.2. The second-order valence-corrected chi connectivity index (χ2v) is 18.1. The van der Waals surface area contributed by atoms with E-state index in [-0.39, 0.29) is 105 Å². The fourth-order valence-corrected chi connectivity index (χ4v) is 10.1. The molecule has 0 aliphatic rings. The first kappa shape index (κ1) is 44.6. The van der Waals surface area contributed by atoms with Crippen LogP contribution in [0.1, 0.15) is 33.5 Å². The molecule has 3 aromatic rings. The Morgan fingerprint density at radius 2 is 0.776 bits per heavy atom. The molecule has 6 nitrogen and oxygen atoms in total. The van der Waals surface area contributed by atoms with Gasteiger partial charge in [0.25, 0.3) is 5.91 Å². The molecule has 21 heteroatoms. The van der Waals surface area contributed by atoms with Crippen LogP contribution >= 0.6 is 162 Å². The van der Waals surface area contributed by atoms with Crippen molar-refractivity contribution in [1.29, 1.82) is 0 Å². The molecule has 3 rings (SSSR count). The van der Waals surface area contributed by atoms with Crippen LogP contribution in [0.15, 0.2) is 0 Å². The van der Waals surface area contributed by atoms with Gasteiger partial charge in [-0.15, -0.1) is 0 Å². The van der Waals surface area contributed by atoms with Gasteiger partial charge < -0.3 is 23.9 Å². The molecule has 0 aliphatic heterocycles. The fraction of sp³-hybridized carbons (Fsp3) is 0.286. The molecule has 2 N–H and O–H groups in total. The molecule has 0 aromatic heterocycles. The maximum atomic E-state index is 13.4. The molecule has 49 heavy (non-hydrogen) atoms. The van der Waals surface area contributed by atoms with Gasteiger partial charge in [0.1, 0.15) is 0 Å². The second kappa shape index (κ2) is 19.2. The molecular weight excluding hydrogens is 953 g/mol. The summed E-state index contributed by atoms with van der Waals surface area (Å²) in [6.45, 7) is 1.17. The number of amides is 1. The number of benzene rings is 3. The minimum atomic E-state index is -2.69. The average Bonchev–Trinajstić information content (AvgIpc) is 3.08. The van der Waals surface area contributed by atoms with Gasteiger partial charge in [-0.25, -0.2) is 0 Å². The van der Waals surface area contributed by atoms with E-state index < -0.39 is 14.7 Å². The lowest BCUT2D eigenvalue weighted by molar-refractivity contribution is 0.0954. The van der Waals surface area contributed by atoms with E-state index in [1.165, 1.54) is 0 Å². The molecule has 269 valence electrons. The lowest BCUT2D eigenvalue weighted by Crippen LogP contribution is -2.43. The van der Waals surface area contributed by atoms with Crippen LogP contribution in [-0.4, -0.2) is 55.7 Å². The average molecular weight is 974 g/mol. The maximum absolute atomic E-state index is 13.4. The zero-order valence-electron chi connectivity index (χ0n) is 25.0. The second-order valence-electron chi connectivity index (χ2n) is 9.68. The first-order valence-corrected chi connectivity index (χ1v) is 20.6. The third kappa shape index (κ3) is 9.21. The van der Waals surface area contributed by atoms with Gasteiger partial charge in [-0.05, 0) is 13.0 Å². The van der Waals surface area contributed by atoms with E-state index in [0.717, 1.165) is 0 Å². The van der Waals surface area contributed by atoms with Crippen molar-refractivity contribution in [2.75, 3.05) is 41.0 Å². The lowest BCUT2D eigenvalue weighted by Gasteiger charge is -2.28. The highest BCUT2D eigenvalue weighted by Gasteiger charge is 2.39. The monoisotopic (exact) mass is 967 g/mol. The Morgan fingerprint density at radius 3 is 1.12 bits per heavy atom. The van der Waals surface area contributed by atoms with Crippen molar-refractivity contribution in [3.63, 3.8) is 0 Å². The molecule has 3 aromatic carbocycles. The van der Waals surface area contributed by atoms with E-state index in [1.54, 1.807) is 21.3 Å². The molecule has 0 heterocycles. The molecule has 0 bridgehead atoms. The van der Waals surface area contributed by atoms with E-state index in [9.17, 15) is 4.79 Å². The quantitative estimate of drug-likeness (QED) is 0.0554. The Morgan fingerprint density at radius 1 is 0.469 bits per heavy atom. The van der Waals surface area contributed by atoms with Gasteiger partial charge in [-0.1, -0.05) is 162 Å². The van der Waals surface area contributed by atoms with Crippen molar-refractivity contribution in [1.82, 2.24) is 10.6 Å². The van der Waals surface area contributed by atoms with Crippen LogP contribution in [0.5, 0.6) is 0 Å². The molecule has 0 saturated heterocycles. The van der Waals surface area contributed by atoms with Gasteiger partial charge in [0.2, 0.25) is 0 Å². The number of carbonyl (C=O) groups is 1. The Hall–Kier alpha value is 1.25. The fourth-order valence-electron chi connectivity index (χ4n) is 4.54. The minimum Gasteiger partial charge on any atom is -0.377 e. The number of nitrogens with one attached hydrogen (secondary N) is 2. The molecule has 0 saturated carbocycles. The van der Waals surface area contributed by atoms with Crippen LogP contribution in [0.4, 0.5) is 0 Å². The molecular formula is C28H21Cl14N2O4Si. The number of carbonyl (C=O) groups excluding carboxylic acids is 1. The van der Waals surface area contributed by atoms with Crippen LogP contribution in [0.25, 0.3) is 0 Å². The zero-order chi connectivity index (χ0) is 37.1. The molecule has 0 spiro atoms. The molecule has 1 radical (unpaired) electrons. The van der Waals surface area contributed by atoms with Gasteiger partial charge in [0, 0.05) is 57.2 Å². The van der Waals surface area contributed by atoms with E-state index >= 15 is 0 Å². The van der Waals surface area contributed by atoms with Gasteiger partial charge >= 0.3 is 8.80 Å². The van der Waals surface area contributed by atoms with Crippen molar-refractivity contribution >= 4 is 177 Å². The standard InChI is InChI=1S/C28H21Cl14N2O4Si/c1-46-49(47-2,48-3)8-4-5-43-6-7-44-28(45)13-20(35)14(29)10(15(30)21(13)36)9(11-16(31)22(37)26(41)23(38)17(11)32)12-18(33)24(39)27(42)25(40)19(12)34/h43H,4-8H2,1-3H3,(H,44,45). The molecule has 0 atom stereocenters. The Bertz CT molecular complexity index is 1590. The third-order valence-corrected chi connectivity index (χ3v) is 16.1. The topological polar surface area (TPSA) is 68.8 Å². The highest BCUT2D eigenvalue weighted by Crippen LogP contribution is 2.57. The summed E-state index contributed by atoms with van der Waals surface area (Å²) in [6, 6.07) is 0.596. The van der Waals surface area contributed by atoms with E-state index in [4.69, 9.17) is 176 Å². The normalized spacial score (nSPS) is 12.0. The summed E-state index contributed by atoms with van der Waals surface area (Å²) in [5.41, 5.74) is -0.592. The number of hydrogen-bond acceptors (Lipinski definition) is 5. The van der Waals surface area contributed by atoms with Gasteiger partial charge in [-0.2, -0.15) is 0 Å². The van der Waals surface area contributed by atoms with E-state index in [2.05, 4.69) is 10.6 Å². The van der Waals surface area contributed by atoms with Gasteiger partial charge in [0.05, 0.1) is 81.8 Å². The van der Waals surface area contributed by atoms with Crippen molar-refractivity contribution in [2.45, 2.75) is 12.5 Å². The summed E-state index contributed by atoms with van der Waals surface area (Å²) in [6.07, 6.45) is 0.703. The summed E-state index contributed by atoms with van der Waals surface area (Å²) in [7, 11) is 1.94. The van der Waals surface area contributed by atoms with Crippen LogP contribution in [-0.2, 0) is 13.3 Å². The van der Waals surface area contributed by atoms with E-state index in [0.29, 0.717) is 25.6 Å². The van der Waals surface area contributed by atoms with Crippen LogP contribution < -0.4 is 10.6 Å². The summed E-state index contributed by atoms with van der Waals surface area (Å²) in [5, 5.41) is 2.74. The predicted octanol–water partition coefficient (Wildman–Crippen LogP) is 13.4. The maximum Gasteiger partial charge on any atom is 0.500 e. The Kier molecular flexibility index (Phi) is 17.5. The van der Waals surface area contributed by atoms with Crippen LogP contribution in [0.2, 0.25) is 76.4 Å². The third-order valence-electron chi connectivity index (χ3n) is 7.02. The first-order chi connectivity index (χ1) is 22.9. The number of halogens is 14. The Labute approximate surface area is 354 Å². The lowest BCUT2D eigenvalue weighted by atomic mass is 9.84. The Balaban J connectivity index is 2.09. The van der Waals surface area contributed by atoms with Crippen molar-refractivity contribution < 1.29 is 18.1 Å². The van der Waals surface area contributed by atoms with Crippen molar-refractivity contribution in [3.05, 3.63) is 98.5 Å². The number of hydrogen-bond donors (Lipinski definition) is 2. The molecule has 0 aliphatic carbocycles. The SMILES string of the molecule is CO[Si](CCCNCCNC(=O)c1c(Cl)c(Cl)c([C](c2c(Cl)c(Cl)c(Cl)c(Cl)c2Cl)c2c(Cl)c(Cl)c(Cl)c(Cl)c2Cl)c(Cl)c1Cl)(OC)OC. The largest absolute Gasteiger partial charge is 0.500 e. The van der Waals surface area contributed by atoms with Crippen molar-refractivity contribution in [3.8, 4) is 0 Å². The highest BCUT2D eigenvalue weighted by molar-refractivity contribution is 6.60. The van der Waals surface area contributed by atoms with E-state index in [1.807, 2.05) is 0 Å². The van der Waals surface area contributed by atoms with Gasteiger partial charge in [-0.3, -0.25) is 4.79 Å². The summed E-state index contributed by atoms with van der Waals surface area (Å²) >= 11 is 92.2.